The minimum Gasteiger partial charge on any atom is -0.494 e. The number of nitrogens with one attached hydrogen (secondary N) is 3. The fraction of sp³-hybridized carbons (Fsp3) is 0.537. The van der Waals surface area contributed by atoms with Crippen LogP contribution in [-0.4, -0.2) is 93.2 Å². The van der Waals surface area contributed by atoms with Crippen LogP contribution in [0.25, 0.3) is 22.3 Å². The molecule has 2 saturated carbocycles. The Labute approximate surface area is 339 Å². The summed E-state index contributed by atoms with van der Waals surface area (Å²) >= 11 is 1.18. The molecule has 3 aromatic rings. The lowest BCUT2D eigenvalue weighted by Crippen LogP contribution is -2.56. The van der Waals surface area contributed by atoms with Gasteiger partial charge in [-0.2, -0.15) is 0 Å². The quantitative estimate of drug-likeness (QED) is 0.186. The van der Waals surface area contributed by atoms with Gasteiger partial charge in [0, 0.05) is 35.1 Å². The highest BCUT2D eigenvalue weighted by molar-refractivity contribution is 7.14. The summed E-state index contributed by atoms with van der Waals surface area (Å²) in [6.45, 7) is 3.41. The second-order valence-corrected chi connectivity index (χ2v) is 16.7. The number of hydrogen-bond acceptors (Lipinski definition) is 11. The van der Waals surface area contributed by atoms with Crippen LogP contribution >= 0.6 is 11.3 Å². The minimum absolute atomic E-state index is 0.0348. The van der Waals surface area contributed by atoms with Gasteiger partial charge in [0.2, 0.25) is 17.7 Å². The maximum Gasteiger partial charge on any atom is 0.408 e. The van der Waals surface area contributed by atoms with Gasteiger partial charge in [0.1, 0.15) is 46.8 Å². The number of nitrogens with zero attached hydrogens (tertiary/aromatic N) is 3. The first kappa shape index (κ1) is 40.9. The molecular formula is C41H49FN6O9S. The molecule has 0 radical (unpaired) electrons. The van der Waals surface area contributed by atoms with Gasteiger partial charge in [-0.3, -0.25) is 14.4 Å². The third-order valence-electron chi connectivity index (χ3n) is 11.4. The molecule has 7 rings (SSSR count). The van der Waals surface area contributed by atoms with Crippen LogP contribution in [0.15, 0.2) is 35.7 Å². The van der Waals surface area contributed by atoms with Gasteiger partial charge in [-0.25, -0.2) is 23.9 Å². The number of aliphatic carboxylic acids is 1. The Bertz CT molecular complexity index is 2100. The smallest absolute Gasteiger partial charge is 0.408 e. The number of halogens is 1. The number of anilines is 1. The second kappa shape index (κ2) is 17.3. The number of fused-ring (bicyclic) bond motifs is 3. The molecule has 15 nitrogen and oxygen atoms in total. The highest BCUT2D eigenvalue weighted by Gasteiger charge is 2.61. The van der Waals surface area contributed by atoms with E-state index in [1.807, 2.05) is 12.2 Å². The van der Waals surface area contributed by atoms with Gasteiger partial charge in [0.25, 0.3) is 0 Å². The standard InChI is InChI=1S/C41H49FN6O9S/c1-22(2)35(49)46-39-44-29(21-58-39)28-18-32(26-15-16-31(55-3)33(42)34(26)43-28)56-25-17-30-36(50)47-41(38(52)53)19-23(41)11-7-5-4-6-8-14-27(37(51)48(30)20-25)45-40(54)57-24-12-9-10-13-24/h7,11,15-16,18,21-25,27,30H,4-6,8-10,12-14,17,19-20H2,1-3H3,(H,45,54)(H,47,50)(H,52,53)(H,44,46,49)/b11-7-/t23-,25+,27+,30-,41+/m0/s1. The first-order chi connectivity index (χ1) is 27.9. The Balaban J connectivity index is 1.21. The van der Waals surface area contributed by atoms with E-state index in [0.717, 1.165) is 38.5 Å². The van der Waals surface area contributed by atoms with Gasteiger partial charge >= 0.3 is 12.1 Å². The van der Waals surface area contributed by atoms with Crippen molar-refractivity contribution in [1.82, 2.24) is 25.5 Å². The molecule has 0 bridgehead atoms. The summed E-state index contributed by atoms with van der Waals surface area (Å²) in [4.78, 5) is 77.3. The number of methoxy groups -OCH3 is 1. The van der Waals surface area contributed by atoms with Gasteiger partial charge in [0.05, 0.1) is 19.3 Å². The highest BCUT2D eigenvalue weighted by Crippen LogP contribution is 2.46. The molecule has 0 unspecified atom stereocenters. The molecule has 5 atom stereocenters. The highest BCUT2D eigenvalue weighted by atomic mass is 32.1. The number of ether oxygens (including phenoxy) is 3. The van der Waals surface area contributed by atoms with Gasteiger partial charge in [0.15, 0.2) is 16.7 Å². The van der Waals surface area contributed by atoms with E-state index >= 15 is 4.39 Å². The minimum atomic E-state index is -1.52. The van der Waals surface area contributed by atoms with Crippen LogP contribution in [0.5, 0.6) is 11.5 Å². The van der Waals surface area contributed by atoms with Crippen molar-refractivity contribution < 1.29 is 47.7 Å². The van der Waals surface area contributed by atoms with Crippen molar-refractivity contribution in [2.24, 2.45) is 11.8 Å². The van der Waals surface area contributed by atoms with Crippen LogP contribution in [0, 0.1) is 17.7 Å². The second-order valence-electron chi connectivity index (χ2n) is 15.8. The summed E-state index contributed by atoms with van der Waals surface area (Å²) < 4.78 is 33.4. The van der Waals surface area contributed by atoms with Crippen molar-refractivity contribution in [2.75, 3.05) is 19.0 Å². The van der Waals surface area contributed by atoms with Gasteiger partial charge in [-0.05, 0) is 63.5 Å². The zero-order valence-electron chi connectivity index (χ0n) is 32.8. The molecule has 2 aliphatic carbocycles. The Hall–Kier alpha value is -5.32. The Morgan fingerprint density at radius 2 is 1.81 bits per heavy atom. The number of amides is 4. The van der Waals surface area contributed by atoms with E-state index in [-0.39, 0.29) is 65.4 Å². The molecule has 2 aliphatic heterocycles. The van der Waals surface area contributed by atoms with E-state index in [2.05, 4.69) is 25.9 Å². The van der Waals surface area contributed by atoms with Crippen molar-refractivity contribution in [3.05, 3.63) is 41.5 Å². The lowest BCUT2D eigenvalue weighted by atomic mass is 10.0. The number of carbonyl (C=O) groups excluding carboxylic acids is 4. The predicted molar refractivity (Wildman–Crippen MR) is 212 cm³/mol. The number of carbonyl (C=O) groups is 5. The molecule has 4 N–H and O–H groups in total. The molecule has 0 spiro atoms. The van der Waals surface area contributed by atoms with Gasteiger partial charge in [-0.15, -0.1) is 11.3 Å². The van der Waals surface area contributed by atoms with Crippen LogP contribution in [0.3, 0.4) is 0 Å². The van der Waals surface area contributed by atoms with E-state index in [1.54, 1.807) is 31.4 Å². The first-order valence-corrected chi connectivity index (χ1v) is 20.8. The largest absolute Gasteiger partial charge is 0.494 e. The van der Waals surface area contributed by atoms with Crippen molar-refractivity contribution in [1.29, 1.82) is 0 Å². The number of hydrogen-bond donors (Lipinski definition) is 4. The molecule has 4 heterocycles. The maximum absolute atomic E-state index is 15.9. The molecular weight excluding hydrogens is 772 g/mol. The zero-order valence-corrected chi connectivity index (χ0v) is 33.6. The van der Waals surface area contributed by atoms with Gasteiger partial charge < -0.3 is 40.2 Å². The van der Waals surface area contributed by atoms with Gasteiger partial charge in [-0.1, -0.05) is 38.8 Å². The number of benzene rings is 1. The molecule has 1 saturated heterocycles. The van der Waals surface area contributed by atoms with Crippen LogP contribution in [0.2, 0.25) is 0 Å². The fourth-order valence-electron chi connectivity index (χ4n) is 7.95. The maximum atomic E-state index is 15.9. The van der Waals surface area contributed by atoms with Crippen molar-refractivity contribution in [2.45, 2.75) is 114 Å². The third kappa shape index (κ3) is 8.73. The number of alkyl carbamates (subject to hydrolysis) is 1. The van der Waals surface area contributed by atoms with Crippen LogP contribution < -0.4 is 25.4 Å². The summed E-state index contributed by atoms with van der Waals surface area (Å²) in [5.41, 5.74) is -1.01. The number of pyridine rings is 1. The Kier molecular flexibility index (Phi) is 12.2. The number of carboxylic acids is 1. The summed E-state index contributed by atoms with van der Waals surface area (Å²) in [7, 11) is 1.34. The molecule has 17 heteroatoms. The van der Waals surface area contributed by atoms with E-state index in [0.29, 0.717) is 30.1 Å². The zero-order chi connectivity index (χ0) is 41.1. The molecule has 4 amide bonds. The average Bonchev–Trinajstić information content (AvgIpc) is 3.62. The van der Waals surface area contributed by atoms with E-state index in [9.17, 15) is 29.1 Å². The van der Waals surface area contributed by atoms with Crippen molar-refractivity contribution in [3.63, 3.8) is 0 Å². The Morgan fingerprint density at radius 1 is 1.03 bits per heavy atom. The normalized spacial score (nSPS) is 25.8. The Morgan fingerprint density at radius 3 is 2.55 bits per heavy atom. The summed E-state index contributed by atoms with van der Waals surface area (Å²) in [6.07, 6.45) is 8.78. The van der Waals surface area contributed by atoms with Crippen molar-refractivity contribution >= 4 is 57.2 Å². The average molecular weight is 821 g/mol. The lowest BCUT2D eigenvalue weighted by molar-refractivity contribution is -0.145. The fourth-order valence-corrected chi connectivity index (χ4v) is 8.66. The summed E-state index contributed by atoms with van der Waals surface area (Å²) in [5.74, 6) is -3.86. The monoisotopic (exact) mass is 820 g/mol. The number of allylic oxidation sites excluding steroid dienone is 1. The first-order valence-electron chi connectivity index (χ1n) is 20.0. The third-order valence-corrected chi connectivity index (χ3v) is 12.1. The molecule has 2 aromatic heterocycles. The molecule has 58 heavy (non-hydrogen) atoms. The van der Waals surface area contributed by atoms with E-state index in [1.165, 1.54) is 29.4 Å². The van der Waals surface area contributed by atoms with E-state index in [4.69, 9.17) is 14.2 Å². The number of carboxylic acid groups (broad SMARTS) is 1. The van der Waals surface area contributed by atoms with E-state index < -0.39 is 59.3 Å². The number of rotatable bonds is 9. The van der Waals surface area contributed by atoms with Crippen molar-refractivity contribution in [3.8, 4) is 22.9 Å². The molecule has 4 aliphatic rings. The SMILES string of the molecule is COc1ccc2c(O[C@@H]3C[C@H]4C(=O)N[C@]5(C(=O)O)C[C@@H]5/C=C\CCCCC[C@@H](NC(=O)OC5CCCC5)C(=O)N4C3)cc(-c3csc(NC(=O)C(C)C)n3)nc2c1F. The molecule has 3 fully saturated rings. The number of aromatic nitrogens is 2. The summed E-state index contributed by atoms with van der Waals surface area (Å²) in [6, 6.07) is 2.44. The molecule has 310 valence electrons. The van der Waals surface area contributed by atoms with Crippen LogP contribution in [-0.2, 0) is 23.9 Å². The molecule has 1 aromatic carbocycles. The predicted octanol–water partition coefficient (Wildman–Crippen LogP) is 5.97. The topological polar surface area (TPSA) is 198 Å². The summed E-state index contributed by atoms with van der Waals surface area (Å²) in [5, 5.41) is 20.9. The van der Waals surface area contributed by atoms with Crippen LogP contribution in [0.1, 0.15) is 84.5 Å². The lowest BCUT2D eigenvalue weighted by Gasteiger charge is -2.29. The number of thiazole rings is 1. The van der Waals surface area contributed by atoms with Crippen LogP contribution in [0.4, 0.5) is 14.3 Å².